The highest BCUT2D eigenvalue weighted by Gasteiger charge is 1.97. The van der Waals surface area contributed by atoms with Crippen molar-refractivity contribution in [3.05, 3.63) is 17.5 Å². The molecule has 0 bridgehead atoms. The van der Waals surface area contributed by atoms with Gasteiger partial charge in [-0.15, -0.1) is 0 Å². The lowest BCUT2D eigenvalue weighted by Gasteiger charge is -1.95. The average Bonchev–Trinajstić information content (AvgIpc) is 1.85. The zero-order valence-corrected chi connectivity index (χ0v) is 6.81. The molecule has 0 rings (SSSR count). The minimum Gasteiger partial charge on any atom is -0.466 e. The molecule has 0 unspecified atom stereocenters. The fraction of sp³-hybridized carbons (Fsp3) is 0.429. The summed E-state index contributed by atoms with van der Waals surface area (Å²) < 4.78 is 4.59. The fourth-order valence-electron chi connectivity index (χ4n) is 0.373. The average molecular weight is 162 g/mol. The van der Waals surface area contributed by atoms with E-state index in [2.05, 4.69) is 4.74 Å². The number of carbonyl (C=O) groups is 1. The molecule has 0 aliphatic carbocycles. The first-order chi connectivity index (χ1) is 4.66. The first kappa shape index (κ1) is 9.50. The third kappa shape index (κ3) is 5.63. The summed E-state index contributed by atoms with van der Waals surface area (Å²) in [5.41, 5.74) is 0. The van der Waals surface area contributed by atoms with Crippen LogP contribution in [-0.4, -0.2) is 12.6 Å². The van der Waals surface area contributed by atoms with E-state index in [1.165, 1.54) is 12.5 Å². The Morgan fingerprint density at radius 1 is 1.70 bits per heavy atom. The lowest BCUT2D eigenvalue weighted by Crippen LogP contribution is -2.02. The molecule has 0 amide bonds. The van der Waals surface area contributed by atoms with Gasteiger partial charge in [-0.05, 0) is 13.8 Å². The Morgan fingerprint density at radius 3 is 2.70 bits per heavy atom. The van der Waals surface area contributed by atoms with Crippen LogP contribution in [0.4, 0.5) is 0 Å². The SMILES string of the molecule is CCOC(=O)[CH]/C=C(\C)Cl. The molecule has 1 radical (unpaired) electrons. The lowest BCUT2D eigenvalue weighted by molar-refractivity contribution is -0.138. The van der Waals surface area contributed by atoms with Gasteiger partial charge >= 0.3 is 5.97 Å². The van der Waals surface area contributed by atoms with E-state index in [-0.39, 0.29) is 5.97 Å². The summed E-state index contributed by atoms with van der Waals surface area (Å²) in [5, 5.41) is 0.563. The van der Waals surface area contributed by atoms with Crippen LogP contribution in [0.25, 0.3) is 0 Å². The lowest BCUT2D eigenvalue weighted by atomic mass is 10.4. The number of esters is 1. The monoisotopic (exact) mass is 161 g/mol. The second kappa shape index (κ2) is 5.30. The standard InChI is InChI=1S/C7H10ClO2/c1-3-10-7(9)5-4-6(2)8/h4-5H,3H2,1-2H3/b6-4+. The number of allylic oxidation sites excluding steroid dienone is 1. The summed E-state index contributed by atoms with van der Waals surface area (Å²) in [6.45, 7) is 3.84. The molecule has 3 heteroatoms. The van der Waals surface area contributed by atoms with E-state index in [0.29, 0.717) is 11.6 Å². The molecule has 0 saturated heterocycles. The number of hydrogen-bond acceptors (Lipinski definition) is 2. The zero-order valence-electron chi connectivity index (χ0n) is 6.06. The second-order valence-electron chi connectivity index (χ2n) is 1.67. The summed E-state index contributed by atoms with van der Waals surface area (Å²) in [6, 6.07) is 0. The van der Waals surface area contributed by atoms with Crippen LogP contribution in [0.2, 0.25) is 0 Å². The minimum absolute atomic E-state index is 0.359. The molecule has 0 aromatic carbocycles. The van der Waals surface area contributed by atoms with Crippen LogP contribution in [-0.2, 0) is 9.53 Å². The minimum atomic E-state index is -0.359. The first-order valence-electron chi connectivity index (χ1n) is 3.00. The summed E-state index contributed by atoms with van der Waals surface area (Å²) in [7, 11) is 0. The second-order valence-corrected chi connectivity index (χ2v) is 2.27. The Balaban J connectivity index is 3.49. The van der Waals surface area contributed by atoms with E-state index in [1.807, 2.05) is 0 Å². The third-order valence-electron chi connectivity index (χ3n) is 0.736. The van der Waals surface area contributed by atoms with E-state index in [0.717, 1.165) is 0 Å². The maximum absolute atomic E-state index is 10.6. The highest BCUT2D eigenvalue weighted by atomic mass is 35.5. The molecule has 0 N–H and O–H groups in total. The van der Waals surface area contributed by atoms with Gasteiger partial charge in [0, 0.05) is 5.03 Å². The molecular weight excluding hydrogens is 152 g/mol. The predicted molar refractivity (Wildman–Crippen MR) is 40.5 cm³/mol. The summed E-state index contributed by atoms with van der Waals surface area (Å²) in [5.74, 6) is -0.359. The molecule has 0 spiro atoms. The summed E-state index contributed by atoms with van der Waals surface area (Å²) in [4.78, 5) is 10.6. The Kier molecular flexibility index (Phi) is 5.03. The Bertz CT molecular complexity index is 137. The first-order valence-corrected chi connectivity index (χ1v) is 3.38. The molecule has 0 aliphatic heterocycles. The number of carbonyl (C=O) groups excluding carboxylic acids is 1. The van der Waals surface area contributed by atoms with E-state index in [1.54, 1.807) is 13.8 Å². The molecule has 0 heterocycles. The van der Waals surface area contributed by atoms with E-state index in [4.69, 9.17) is 11.6 Å². The van der Waals surface area contributed by atoms with E-state index >= 15 is 0 Å². The van der Waals surface area contributed by atoms with Gasteiger partial charge in [0.15, 0.2) is 0 Å². The smallest absolute Gasteiger partial charge is 0.314 e. The zero-order chi connectivity index (χ0) is 7.98. The molecule has 10 heavy (non-hydrogen) atoms. The maximum atomic E-state index is 10.6. The van der Waals surface area contributed by atoms with Crippen molar-refractivity contribution in [3.63, 3.8) is 0 Å². The topological polar surface area (TPSA) is 26.3 Å². The summed E-state index contributed by atoms with van der Waals surface area (Å²) >= 11 is 5.44. The number of hydrogen-bond donors (Lipinski definition) is 0. The molecule has 0 atom stereocenters. The van der Waals surface area contributed by atoms with Crippen LogP contribution < -0.4 is 0 Å². The van der Waals surface area contributed by atoms with Gasteiger partial charge < -0.3 is 4.74 Å². The number of rotatable bonds is 3. The quantitative estimate of drug-likeness (QED) is 0.591. The van der Waals surface area contributed by atoms with Crippen LogP contribution in [0.1, 0.15) is 13.8 Å². The van der Waals surface area contributed by atoms with Crippen molar-refractivity contribution in [3.8, 4) is 0 Å². The van der Waals surface area contributed by atoms with Gasteiger partial charge in [0.2, 0.25) is 0 Å². The predicted octanol–water partition coefficient (Wildman–Crippen LogP) is 1.90. The van der Waals surface area contributed by atoms with Gasteiger partial charge in [-0.2, -0.15) is 0 Å². The number of halogens is 1. The van der Waals surface area contributed by atoms with Crippen molar-refractivity contribution in [2.24, 2.45) is 0 Å². The van der Waals surface area contributed by atoms with Gasteiger partial charge in [-0.3, -0.25) is 4.79 Å². The third-order valence-corrected chi connectivity index (χ3v) is 0.862. The Labute approximate surface area is 65.8 Å². The van der Waals surface area contributed by atoms with Crippen LogP contribution in [0.5, 0.6) is 0 Å². The molecule has 0 aromatic heterocycles. The Hall–Kier alpha value is -0.500. The van der Waals surface area contributed by atoms with Crippen LogP contribution in [0.15, 0.2) is 11.1 Å². The van der Waals surface area contributed by atoms with Gasteiger partial charge in [-0.25, -0.2) is 0 Å². The van der Waals surface area contributed by atoms with Gasteiger partial charge in [-0.1, -0.05) is 17.7 Å². The van der Waals surface area contributed by atoms with Gasteiger partial charge in [0.25, 0.3) is 0 Å². The molecule has 2 nitrogen and oxygen atoms in total. The van der Waals surface area contributed by atoms with Crippen LogP contribution in [0, 0.1) is 6.42 Å². The maximum Gasteiger partial charge on any atom is 0.314 e. The van der Waals surface area contributed by atoms with Crippen molar-refractivity contribution in [1.82, 2.24) is 0 Å². The largest absolute Gasteiger partial charge is 0.466 e. The van der Waals surface area contributed by atoms with Crippen LogP contribution >= 0.6 is 11.6 Å². The van der Waals surface area contributed by atoms with Crippen molar-refractivity contribution >= 4 is 17.6 Å². The van der Waals surface area contributed by atoms with E-state index < -0.39 is 0 Å². The number of ether oxygens (including phenoxy) is 1. The molecule has 0 saturated carbocycles. The summed E-state index contributed by atoms with van der Waals surface area (Å²) in [6.07, 6.45) is 2.80. The highest BCUT2D eigenvalue weighted by Crippen LogP contribution is 1.99. The van der Waals surface area contributed by atoms with Gasteiger partial charge in [0.1, 0.15) is 0 Å². The molecule has 0 aromatic rings. The van der Waals surface area contributed by atoms with Crippen LogP contribution in [0.3, 0.4) is 0 Å². The van der Waals surface area contributed by atoms with E-state index in [9.17, 15) is 4.79 Å². The van der Waals surface area contributed by atoms with Crippen molar-refractivity contribution in [2.45, 2.75) is 13.8 Å². The molecule has 0 fully saturated rings. The van der Waals surface area contributed by atoms with Crippen molar-refractivity contribution in [1.29, 1.82) is 0 Å². The van der Waals surface area contributed by atoms with Crippen molar-refractivity contribution in [2.75, 3.05) is 6.61 Å². The Morgan fingerprint density at radius 2 is 2.30 bits per heavy atom. The normalized spacial score (nSPS) is 11.3. The fourth-order valence-corrected chi connectivity index (χ4v) is 0.436. The molecular formula is C7H10ClO2. The molecule has 57 valence electrons. The highest BCUT2D eigenvalue weighted by molar-refractivity contribution is 6.29. The van der Waals surface area contributed by atoms with Gasteiger partial charge in [0.05, 0.1) is 13.0 Å². The van der Waals surface area contributed by atoms with Crippen molar-refractivity contribution < 1.29 is 9.53 Å². The molecule has 0 aliphatic rings.